The normalized spacial score (nSPS) is 19.4. The standard InChI is InChI=1S/C20H26N2O5/c23-18(22-11-2-1-5-16(22)9-10-19(24)25)13-27-17-6-3-4-15(12-17)21-20(26)14-7-8-14/h3-4,6,12,14,16H,1-2,5,7-11,13H2,(H,21,26)(H,24,25). The lowest BCUT2D eigenvalue weighted by molar-refractivity contribution is -0.141. The SMILES string of the molecule is O=C(O)CCC1CCCCN1C(=O)COc1cccc(NC(=O)C2CC2)c1. The van der Waals surface area contributed by atoms with Crippen molar-refractivity contribution in [2.24, 2.45) is 5.92 Å². The van der Waals surface area contributed by atoms with Gasteiger partial charge in [0.05, 0.1) is 0 Å². The second kappa shape index (κ2) is 8.88. The van der Waals surface area contributed by atoms with Gasteiger partial charge in [0.2, 0.25) is 5.91 Å². The molecular formula is C20H26N2O5. The summed E-state index contributed by atoms with van der Waals surface area (Å²) in [6, 6.07) is 7.00. The third-order valence-electron chi connectivity index (χ3n) is 5.05. The number of nitrogens with zero attached hydrogens (tertiary/aromatic N) is 1. The van der Waals surface area contributed by atoms with Crippen molar-refractivity contribution in [1.29, 1.82) is 0 Å². The summed E-state index contributed by atoms with van der Waals surface area (Å²) in [7, 11) is 0. The summed E-state index contributed by atoms with van der Waals surface area (Å²) in [4.78, 5) is 37.0. The lowest BCUT2D eigenvalue weighted by Crippen LogP contribution is -2.46. The van der Waals surface area contributed by atoms with Gasteiger partial charge in [0.25, 0.3) is 5.91 Å². The van der Waals surface area contributed by atoms with Gasteiger partial charge in [0.1, 0.15) is 5.75 Å². The number of nitrogens with one attached hydrogen (secondary N) is 1. The molecule has 7 nitrogen and oxygen atoms in total. The van der Waals surface area contributed by atoms with E-state index in [0.29, 0.717) is 24.4 Å². The first-order valence-electron chi connectivity index (χ1n) is 9.58. The van der Waals surface area contributed by atoms with Gasteiger partial charge in [-0.1, -0.05) is 6.07 Å². The molecular weight excluding hydrogens is 348 g/mol. The van der Waals surface area contributed by atoms with Crippen LogP contribution < -0.4 is 10.1 Å². The highest BCUT2D eigenvalue weighted by molar-refractivity contribution is 5.94. The first-order chi connectivity index (χ1) is 13.0. The highest BCUT2D eigenvalue weighted by Gasteiger charge is 2.30. The Morgan fingerprint density at radius 3 is 2.74 bits per heavy atom. The molecule has 0 aromatic heterocycles. The van der Waals surface area contributed by atoms with Crippen molar-refractivity contribution < 1.29 is 24.2 Å². The van der Waals surface area contributed by atoms with Crippen LogP contribution in [0.2, 0.25) is 0 Å². The Morgan fingerprint density at radius 1 is 1.19 bits per heavy atom. The quantitative estimate of drug-likeness (QED) is 0.729. The molecule has 1 aromatic carbocycles. The van der Waals surface area contributed by atoms with E-state index >= 15 is 0 Å². The van der Waals surface area contributed by atoms with Crippen molar-refractivity contribution in [1.82, 2.24) is 4.90 Å². The minimum absolute atomic E-state index is 0.0258. The number of carbonyl (C=O) groups excluding carboxylic acids is 2. The maximum atomic E-state index is 12.6. The average Bonchev–Trinajstić information content (AvgIpc) is 3.50. The maximum absolute atomic E-state index is 12.6. The molecule has 2 aliphatic rings. The fourth-order valence-corrected chi connectivity index (χ4v) is 3.40. The van der Waals surface area contributed by atoms with Crippen LogP contribution in [0, 0.1) is 5.92 Å². The fraction of sp³-hybridized carbons (Fsp3) is 0.550. The van der Waals surface area contributed by atoms with Gasteiger partial charge >= 0.3 is 5.97 Å². The second-order valence-corrected chi connectivity index (χ2v) is 7.25. The number of carbonyl (C=O) groups is 3. The summed E-state index contributed by atoms with van der Waals surface area (Å²) in [5.74, 6) is -0.293. The van der Waals surface area contributed by atoms with Gasteiger partial charge < -0.3 is 20.1 Å². The van der Waals surface area contributed by atoms with Crippen LogP contribution in [0.4, 0.5) is 5.69 Å². The molecule has 1 aromatic rings. The van der Waals surface area contributed by atoms with Gasteiger partial charge in [-0.3, -0.25) is 14.4 Å². The number of anilines is 1. The number of hydrogen-bond donors (Lipinski definition) is 2. The van der Waals surface area contributed by atoms with Crippen molar-refractivity contribution in [3.8, 4) is 5.75 Å². The van der Waals surface area contributed by atoms with Gasteiger partial charge in [0.15, 0.2) is 6.61 Å². The summed E-state index contributed by atoms with van der Waals surface area (Å²) in [6.45, 7) is 0.549. The smallest absolute Gasteiger partial charge is 0.303 e. The molecule has 1 aliphatic carbocycles. The van der Waals surface area contributed by atoms with Gasteiger partial charge in [0, 0.05) is 36.7 Å². The Kier molecular flexibility index (Phi) is 6.32. The Balaban J connectivity index is 1.52. The van der Waals surface area contributed by atoms with Gasteiger partial charge in [-0.05, 0) is 50.7 Å². The zero-order valence-electron chi connectivity index (χ0n) is 15.4. The van der Waals surface area contributed by atoms with Crippen LogP contribution in [0.1, 0.15) is 44.9 Å². The van der Waals surface area contributed by atoms with Crippen LogP contribution >= 0.6 is 0 Å². The number of hydrogen-bond acceptors (Lipinski definition) is 4. The van der Waals surface area contributed by atoms with Crippen LogP contribution in [0.3, 0.4) is 0 Å². The number of rotatable bonds is 8. The molecule has 1 unspecified atom stereocenters. The number of aliphatic carboxylic acids is 1. The van der Waals surface area contributed by atoms with E-state index in [9.17, 15) is 14.4 Å². The van der Waals surface area contributed by atoms with Crippen LogP contribution in [-0.4, -0.2) is 47.0 Å². The van der Waals surface area contributed by atoms with Crippen molar-refractivity contribution in [3.05, 3.63) is 24.3 Å². The Hall–Kier alpha value is -2.57. The summed E-state index contributed by atoms with van der Waals surface area (Å²) >= 11 is 0. The predicted octanol–water partition coefficient (Wildman–Crippen LogP) is 2.66. The fourth-order valence-electron chi connectivity index (χ4n) is 3.40. The Morgan fingerprint density at radius 2 is 2.00 bits per heavy atom. The molecule has 1 heterocycles. The van der Waals surface area contributed by atoms with Gasteiger partial charge in [-0.2, -0.15) is 0 Å². The van der Waals surface area contributed by atoms with E-state index in [2.05, 4.69) is 5.32 Å². The van der Waals surface area contributed by atoms with Crippen LogP contribution in [0.5, 0.6) is 5.75 Å². The monoisotopic (exact) mass is 374 g/mol. The number of carboxylic acid groups (broad SMARTS) is 1. The van der Waals surface area contributed by atoms with Crippen LogP contribution in [-0.2, 0) is 14.4 Å². The molecule has 2 N–H and O–H groups in total. The molecule has 3 rings (SSSR count). The van der Waals surface area contributed by atoms with E-state index in [-0.39, 0.29) is 36.8 Å². The predicted molar refractivity (Wildman–Crippen MR) is 99.5 cm³/mol. The number of ether oxygens (including phenoxy) is 1. The van der Waals surface area contributed by atoms with E-state index in [4.69, 9.17) is 9.84 Å². The van der Waals surface area contributed by atoms with Gasteiger partial charge in [-0.15, -0.1) is 0 Å². The molecule has 0 spiro atoms. The molecule has 1 atom stereocenters. The highest BCUT2D eigenvalue weighted by Crippen LogP contribution is 2.30. The lowest BCUT2D eigenvalue weighted by atomic mass is 9.98. The van der Waals surface area contributed by atoms with Crippen molar-refractivity contribution >= 4 is 23.5 Å². The molecule has 7 heteroatoms. The molecule has 1 saturated heterocycles. The average molecular weight is 374 g/mol. The van der Waals surface area contributed by atoms with E-state index in [1.165, 1.54) is 0 Å². The number of piperidine rings is 1. The summed E-state index contributed by atoms with van der Waals surface area (Å²) < 4.78 is 5.63. The molecule has 2 fully saturated rings. The number of benzene rings is 1. The second-order valence-electron chi connectivity index (χ2n) is 7.25. The summed E-state index contributed by atoms with van der Waals surface area (Å²) in [5, 5.41) is 11.7. The minimum Gasteiger partial charge on any atom is -0.484 e. The van der Waals surface area contributed by atoms with Crippen molar-refractivity contribution in [2.75, 3.05) is 18.5 Å². The summed E-state index contributed by atoms with van der Waals surface area (Å²) in [5.41, 5.74) is 0.661. The molecule has 27 heavy (non-hydrogen) atoms. The first-order valence-corrected chi connectivity index (χ1v) is 9.58. The largest absolute Gasteiger partial charge is 0.484 e. The Labute approximate surface area is 158 Å². The topological polar surface area (TPSA) is 95.9 Å². The first kappa shape index (κ1) is 19.2. The molecule has 146 valence electrons. The molecule has 1 saturated carbocycles. The van der Waals surface area contributed by atoms with E-state index in [1.807, 2.05) is 0 Å². The Bertz CT molecular complexity index is 701. The third kappa shape index (κ3) is 5.70. The zero-order valence-corrected chi connectivity index (χ0v) is 15.4. The number of carboxylic acids is 1. The van der Waals surface area contributed by atoms with Crippen molar-refractivity contribution in [3.63, 3.8) is 0 Å². The molecule has 0 bridgehead atoms. The van der Waals surface area contributed by atoms with E-state index in [0.717, 1.165) is 32.1 Å². The van der Waals surface area contributed by atoms with E-state index in [1.54, 1.807) is 29.2 Å². The number of amides is 2. The van der Waals surface area contributed by atoms with E-state index < -0.39 is 5.97 Å². The summed E-state index contributed by atoms with van der Waals surface area (Å²) in [6.07, 6.45) is 5.20. The molecule has 0 radical (unpaired) electrons. The number of likely N-dealkylation sites (tertiary alicyclic amines) is 1. The van der Waals surface area contributed by atoms with Crippen molar-refractivity contribution in [2.45, 2.75) is 51.0 Å². The molecule has 1 aliphatic heterocycles. The lowest BCUT2D eigenvalue weighted by Gasteiger charge is -2.35. The highest BCUT2D eigenvalue weighted by atomic mass is 16.5. The maximum Gasteiger partial charge on any atom is 0.303 e. The van der Waals surface area contributed by atoms with Crippen LogP contribution in [0.15, 0.2) is 24.3 Å². The minimum atomic E-state index is -0.839. The third-order valence-corrected chi connectivity index (χ3v) is 5.05. The molecule has 2 amide bonds. The zero-order chi connectivity index (χ0) is 19.2. The van der Waals surface area contributed by atoms with Crippen LogP contribution in [0.25, 0.3) is 0 Å². The van der Waals surface area contributed by atoms with Gasteiger partial charge in [-0.25, -0.2) is 0 Å².